The molecule has 28 heavy (non-hydrogen) atoms. The van der Waals surface area contributed by atoms with Gasteiger partial charge in [0.1, 0.15) is 0 Å². The number of hydrogen-bond acceptors (Lipinski definition) is 2. The van der Waals surface area contributed by atoms with Crippen LogP contribution < -0.4 is 0 Å². The second-order valence-electron chi connectivity index (χ2n) is 7.82. The van der Waals surface area contributed by atoms with Gasteiger partial charge in [-0.05, 0) is 61.1 Å². The second-order valence-corrected chi connectivity index (χ2v) is 7.82. The van der Waals surface area contributed by atoms with Gasteiger partial charge >= 0.3 is 0 Å². The van der Waals surface area contributed by atoms with Crippen molar-refractivity contribution in [2.24, 2.45) is 5.92 Å². The number of carbonyl (C=O) groups is 1. The number of ketones is 1. The zero-order chi connectivity index (χ0) is 20.1. The van der Waals surface area contributed by atoms with Crippen molar-refractivity contribution >= 4 is 5.78 Å². The summed E-state index contributed by atoms with van der Waals surface area (Å²) in [5.74, 6) is -0.296. The molecule has 1 saturated carbocycles. The van der Waals surface area contributed by atoms with Gasteiger partial charge in [0.25, 0.3) is 0 Å². The van der Waals surface area contributed by atoms with E-state index in [0.29, 0.717) is 29.4 Å². The highest BCUT2D eigenvalue weighted by Crippen LogP contribution is 2.38. The Kier molecular flexibility index (Phi) is 6.66. The van der Waals surface area contributed by atoms with E-state index in [2.05, 4.69) is 24.8 Å². The van der Waals surface area contributed by atoms with Gasteiger partial charge in [0.15, 0.2) is 17.3 Å². The first-order valence-electron chi connectivity index (χ1n) is 10.3. The SMILES string of the molecule is C=CC1CCC(c2ccc(-c3ccc(C(=O)CCCC)c(O)c3F)cc2)CC1. The third-order valence-electron chi connectivity index (χ3n) is 5.97. The lowest BCUT2D eigenvalue weighted by molar-refractivity contribution is 0.0976. The minimum Gasteiger partial charge on any atom is -0.504 e. The van der Waals surface area contributed by atoms with Crippen molar-refractivity contribution in [3.63, 3.8) is 0 Å². The summed E-state index contributed by atoms with van der Waals surface area (Å²) in [6.07, 6.45) is 8.65. The summed E-state index contributed by atoms with van der Waals surface area (Å²) >= 11 is 0. The summed E-state index contributed by atoms with van der Waals surface area (Å²) in [6.45, 7) is 5.89. The molecular weight excluding hydrogens is 351 g/mol. The number of Topliss-reactive ketones (excluding diaryl/α,β-unsaturated/α-hetero) is 1. The van der Waals surface area contributed by atoms with Gasteiger partial charge in [-0.1, -0.05) is 49.8 Å². The number of hydrogen-bond donors (Lipinski definition) is 1. The molecule has 0 atom stereocenters. The molecule has 0 aliphatic heterocycles. The summed E-state index contributed by atoms with van der Waals surface area (Å²) in [5.41, 5.74) is 2.39. The van der Waals surface area contributed by atoms with Crippen LogP contribution in [0.3, 0.4) is 0 Å². The average molecular weight is 381 g/mol. The fourth-order valence-corrected chi connectivity index (χ4v) is 4.11. The van der Waals surface area contributed by atoms with E-state index >= 15 is 0 Å². The van der Waals surface area contributed by atoms with E-state index < -0.39 is 11.6 Å². The molecule has 0 spiro atoms. The maximum absolute atomic E-state index is 14.8. The highest BCUT2D eigenvalue weighted by molar-refractivity contribution is 5.99. The zero-order valence-electron chi connectivity index (χ0n) is 16.6. The Labute approximate surface area is 167 Å². The number of rotatable bonds is 7. The molecule has 0 radical (unpaired) electrons. The van der Waals surface area contributed by atoms with E-state index in [0.717, 1.165) is 25.7 Å². The summed E-state index contributed by atoms with van der Waals surface area (Å²) in [4.78, 5) is 12.2. The normalized spacial score (nSPS) is 19.4. The third kappa shape index (κ3) is 4.35. The number of phenolic OH excluding ortho intramolecular Hbond substituents is 1. The molecule has 1 N–H and O–H groups in total. The van der Waals surface area contributed by atoms with Crippen LogP contribution in [-0.2, 0) is 0 Å². The highest BCUT2D eigenvalue weighted by atomic mass is 19.1. The van der Waals surface area contributed by atoms with Gasteiger partial charge in [0, 0.05) is 12.0 Å². The van der Waals surface area contributed by atoms with Crippen molar-refractivity contribution in [3.8, 4) is 16.9 Å². The van der Waals surface area contributed by atoms with Crippen molar-refractivity contribution in [2.45, 2.75) is 57.8 Å². The van der Waals surface area contributed by atoms with Crippen LogP contribution in [0.25, 0.3) is 11.1 Å². The molecule has 148 valence electrons. The molecule has 1 aliphatic rings. The summed E-state index contributed by atoms with van der Waals surface area (Å²) in [5, 5.41) is 10.2. The van der Waals surface area contributed by atoms with Gasteiger partial charge in [0.05, 0.1) is 5.56 Å². The summed E-state index contributed by atoms with van der Waals surface area (Å²) in [6, 6.07) is 11.1. The van der Waals surface area contributed by atoms with Gasteiger partial charge in [-0.3, -0.25) is 4.79 Å². The fraction of sp³-hybridized carbons (Fsp3) is 0.400. The number of aromatic hydroxyl groups is 1. The quantitative estimate of drug-likeness (QED) is 0.413. The maximum Gasteiger partial charge on any atom is 0.173 e. The van der Waals surface area contributed by atoms with Crippen LogP contribution in [0, 0.1) is 11.7 Å². The lowest BCUT2D eigenvalue weighted by Crippen LogP contribution is -2.11. The average Bonchev–Trinajstić information content (AvgIpc) is 2.74. The highest BCUT2D eigenvalue weighted by Gasteiger charge is 2.21. The van der Waals surface area contributed by atoms with E-state index in [1.54, 1.807) is 6.07 Å². The smallest absolute Gasteiger partial charge is 0.173 e. The lowest BCUT2D eigenvalue weighted by atomic mass is 9.78. The van der Waals surface area contributed by atoms with Crippen LogP contribution >= 0.6 is 0 Å². The Bertz CT molecular complexity index is 830. The van der Waals surface area contributed by atoms with Gasteiger partial charge in [-0.15, -0.1) is 6.58 Å². The number of halogens is 1. The molecular formula is C25H29FO2. The second kappa shape index (κ2) is 9.18. The lowest BCUT2D eigenvalue weighted by Gasteiger charge is -2.27. The van der Waals surface area contributed by atoms with Crippen LogP contribution in [0.1, 0.15) is 73.7 Å². The number of carbonyl (C=O) groups excluding carboxylic acids is 1. The molecule has 1 aliphatic carbocycles. The van der Waals surface area contributed by atoms with Crippen LogP contribution in [0.15, 0.2) is 49.1 Å². The molecule has 0 unspecified atom stereocenters. The van der Waals surface area contributed by atoms with Crippen molar-refractivity contribution < 1.29 is 14.3 Å². The molecule has 0 aromatic heterocycles. The molecule has 0 saturated heterocycles. The molecule has 2 aromatic rings. The summed E-state index contributed by atoms with van der Waals surface area (Å²) in [7, 11) is 0. The van der Waals surface area contributed by atoms with E-state index in [-0.39, 0.29) is 11.3 Å². The Morgan fingerprint density at radius 1 is 1.14 bits per heavy atom. The molecule has 3 rings (SSSR count). The first kappa shape index (κ1) is 20.3. The Balaban J connectivity index is 1.77. The van der Waals surface area contributed by atoms with Crippen molar-refractivity contribution in [1.82, 2.24) is 0 Å². The minimum atomic E-state index is -0.721. The fourth-order valence-electron chi connectivity index (χ4n) is 4.11. The van der Waals surface area contributed by atoms with E-state index in [4.69, 9.17) is 0 Å². The molecule has 0 amide bonds. The van der Waals surface area contributed by atoms with Crippen LogP contribution in [0.4, 0.5) is 4.39 Å². The van der Waals surface area contributed by atoms with Gasteiger partial charge in [-0.25, -0.2) is 4.39 Å². The third-order valence-corrected chi connectivity index (χ3v) is 5.97. The summed E-state index contributed by atoms with van der Waals surface area (Å²) < 4.78 is 14.8. The maximum atomic E-state index is 14.8. The van der Waals surface area contributed by atoms with Gasteiger partial charge in [-0.2, -0.15) is 0 Å². The van der Waals surface area contributed by atoms with Crippen LogP contribution in [0.2, 0.25) is 0 Å². The Morgan fingerprint density at radius 2 is 1.82 bits per heavy atom. The van der Waals surface area contributed by atoms with Crippen molar-refractivity contribution in [1.29, 1.82) is 0 Å². The number of phenols is 1. The molecule has 1 fully saturated rings. The van der Waals surface area contributed by atoms with E-state index in [1.165, 1.54) is 24.5 Å². The number of benzene rings is 2. The number of unbranched alkanes of at least 4 members (excludes halogenated alkanes) is 1. The topological polar surface area (TPSA) is 37.3 Å². The Hall–Kier alpha value is -2.42. The largest absolute Gasteiger partial charge is 0.504 e. The Morgan fingerprint density at radius 3 is 2.43 bits per heavy atom. The zero-order valence-corrected chi connectivity index (χ0v) is 16.6. The number of allylic oxidation sites excluding steroid dienone is 1. The minimum absolute atomic E-state index is 0.0744. The predicted molar refractivity (Wildman–Crippen MR) is 112 cm³/mol. The monoisotopic (exact) mass is 380 g/mol. The van der Waals surface area contributed by atoms with Crippen LogP contribution in [-0.4, -0.2) is 10.9 Å². The van der Waals surface area contributed by atoms with Crippen LogP contribution in [0.5, 0.6) is 5.75 Å². The van der Waals surface area contributed by atoms with Crippen molar-refractivity contribution in [2.75, 3.05) is 0 Å². The predicted octanol–water partition coefficient (Wildman–Crippen LogP) is 7.03. The van der Waals surface area contributed by atoms with E-state index in [1.807, 2.05) is 19.1 Å². The van der Waals surface area contributed by atoms with Gasteiger partial charge in [0.2, 0.25) is 0 Å². The molecule has 0 heterocycles. The first-order chi connectivity index (χ1) is 13.5. The van der Waals surface area contributed by atoms with Gasteiger partial charge < -0.3 is 5.11 Å². The molecule has 2 nitrogen and oxygen atoms in total. The first-order valence-corrected chi connectivity index (χ1v) is 10.3. The standard InChI is InChI=1S/C25H29FO2/c1-3-5-6-23(27)22-16-15-21(24(26)25(22)28)20-13-11-19(12-14-20)18-9-7-17(4-2)8-10-18/h4,11-18,28H,2-3,5-10H2,1H3. The van der Waals surface area contributed by atoms with E-state index in [9.17, 15) is 14.3 Å². The van der Waals surface area contributed by atoms with Crippen molar-refractivity contribution in [3.05, 3.63) is 66.0 Å². The molecule has 3 heteroatoms. The molecule has 0 bridgehead atoms. The molecule has 2 aromatic carbocycles.